The third-order valence-corrected chi connectivity index (χ3v) is 8.55. The van der Waals surface area contributed by atoms with Gasteiger partial charge in [-0.3, -0.25) is 4.79 Å². The Kier molecular flexibility index (Phi) is 9.66. The van der Waals surface area contributed by atoms with Gasteiger partial charge in [-0.25, -0.2) is 9.97 Å². The highest BCUT2D eigenvalue weighted by atomic mass is 19.4. The molecule has 0 aliphatic heterocycles. The largest absolute Gasteiger partial charge is 0.481 e. The summed E-state index contributed by atoms with van der Waals surface area (Å²) < 4.78 is 39.2. The van der Waals surface area contributed by atoms with Crippen LogP contribution < -0.4 is 5.32 Å². The molecule has 2 aliphatic rings. The van der Waals surface area contributed by atoms with Crippen LogP contribution in [0.3, 0.4) is 0 Å². The molecule has 2 fully saturated rings. The van der Waals surface area contributed by atoms with E-state index < -0.39 is 17.8 Å². The molecule has 0 saturated heterocycles. The number of aryl methyl sites for hydroxylation is 1. The summed E-state index contributed by atoms with van der Waals surface area (Å²) >= 11 is 0. The smallest absolute Gasteiger partial charge is 0.433 e. The summed E-state index contributed by atoms with van der Waals surface area (Å²) in [7, 11) is 0. The first kappa shape index (κ1) is 28.4. The Labute approximate surface area is 223 Å². The summed E-state index contributed by atoms with van der Waals surface area (Å²) in [4.78, 5) is 19.1. The minimum absolute atomic E-state index is 0.0541. The van der Waals surface area contributed by atoms with Crippen molar-refractivity contribution in [2.45, 2.75) is 102 Å². The molecule has 2 saturated carbocycles. The lowest BCUT2D eigenvalue weighted by Crippen LogP contribution is -2.18. The second kappa shape index (κ2) is 12.9. The summed E-state index contributed by atoms with van der Waals surface area (Å²) in [5, 5.41) is 12.4. The van der Waals surface area contributed by atoms with Crippen molar-refractivity contribution in [1.82, 2.24) is 9.97 Å². The molecule has 0 spiro atoms. The van der Waals surface area contributed by atoms with Gasteiger partial charge in [-0.05, 0) is 79.7 Å². The molecule has 0 bridgehead atoms. The predicted molar refractivity (Wildman–Crippen MR) is 142 cm³/mol. The van der Waals surface area contributed by atoms with Gasteiger partial charge < -0.3 is 10.4 Å². The minimum atomic E-state index is -4.51. The van der Waals surface area contributed by atoms with Crippen molar-refractivity contribution < 1.29 is 23.1 Å². The third-order valence-electron chi connectivity index (χ3n) is 8.55. The van der Waals surface area contributed by atoms with E-state index in [0.29, 0.717) is 17.5 Å². The van der Waals surface area contributed by atoms with E-state index in [9.17, 15) is 23.1 Å². The Hall–Kier alpha value is -2.64. The van der Waals surface area contributed by atoms with Gasteiger partial charge in [0.1, 0.15) is 5.69 Å². The van der Waals surface area contributed by atoms with Gasteiger partial charge in [0.05, 0.1) is 5.92 Å². The summed E-state index contributed by atoms with van der Waals surface area (Å²) in [6, 6.07) is 7.02. The van der Waals surface area contributed by atoms with Crippen molar-refractivity contribution in [2.75, 3.05) is 5.32 Å². The number of rotatable bonds is 5. The zero-order chi connectivity index (χ0) is 27.1. The van der Waals surface area contributed by atoms with Gasteiger partial charge in [0.2, 0.25) is 5.95 Å². The molecule has 208 valence electrons. The fourth-order valence-electron chi connectivity index (χ4n) is 6.60. The molecule has 2 aromatic rings. The van der Waals surface area contributed by atoms with E-state index in [1.807, 2.05) is 19.1 Å². The lowest BCUT2D eigenvalue weighted by Gasteiger charge is -2.31. The Balaban J connectivity index is 1.36. The number of halogens is 3. The number of carbonyl (C=O) groups is 1. The molecular weight excluding hydrogens is 491 g/mol. The maximum atomic E-state index is 13.1. The Bertz CT molecular complexity index is 1060. The summed E-state index contributed by atoms with van der Waals surface area (Å²) in [5.41, 5.74) is 2.03. The number of alkyl halides is 3. The number of carboxylic acids is 1. The van der Waals surface area contributed by atoms with Crippen molar-refractivity contribution in [3.63, 3.8) is 0 Å². The average molecular weight is 532 g/mol. The first-order valence-corrected chi connectivity index (χ1v) is 14.2. The Morgan fingerprint density at radius 3 is 2.16 bits per heavy atom. The monoisotopic (exact) mass is 531 g/mol. The van der Waals surface area contributed by atoms with Crippen LogP contribution in [0.2, 0.25) is 0 Å². The first-order valence-electron chi connectivity index (χ1n) is 14.2. The van der Waals surface area contributed by atoms with E-state index in [2.05, 4.69) is 21.4 Å². The predicted octanol–water partition coefficient (Wildman–Crippen LogP) is 8.66. The number of benzene rings is 1. The number of aliphatic carboxylic acids is 1. The maximum absolute atomic E-state index is 13.1. The molecule has 2 aliphatic carbocycles. The van der Waals surface area contributed by atoms with E-state index in [-0.39, 0.29) is 11.9 Å². The summed E-state index contributed by atoms with van der Waals surface area (Å²) in [6.07, 6.45) is 10.8. The first-order chi connectivity index (χ1) is 18.2. The lowest BCUT2D eigenvalue weighted by molar-refractivity contribution is -0.142. The zero-order valence-electron chi connectivity index (χ0n) is 22.3. The Morgan fingerprint density at radius 1 is 0.895 bits per heavy atom. The van der Waals surface area contributed by atoms with Crippen molar-refractivity contribution in [3.05, 3.63) is 47.3 Å². The van der Waals surface area contributed by atoms with E-state index in [1.54, 1.807) is 0 Å². The van der Waals surface area contributed by atoms with Gasteiger partial charge in [-0.1, -0.05) is 63.9 Å². The molecule has 0 amide bonds. The van der Waals surface area contributed by atoms with E-state index in [0.717, 1.165) is 88.0 Å². The third kappa shape index (κ3) is 7.93. The molecule has 0 radical (unpaired) electrons. The maximum Gasteiger partial charge on any atom is 0.433 e. The number of nitrogens with one attached hydrogen (secondary N) is 1. The van der Waals surface area contributed by atoms with Gasteiger partial charge in [0, 0.05) is 11.9 Å². The van der Waals surface area contributed by atoms with Gasteiger partial charge in [0.25, 0.3) is 0 Å². The normalized spacial score (nSPS) is 25.8. The van der Waals surface area contributed by atoms with E-state index in [4.69, 9.17) is 0 Å². The van der Waals surface area contributed by atoms with Crippen LogP contribution in [0.25, 0.3) is 0 Å². The molecule has 5 nitrogen and oxygen atoms in total. The van der Waals surface area contributed by atoms with Gasteiger partial charge in [0.15, 0.2) is 0 Å². The minimum Gasteiger partial charge on any atom is -0.481 e. The van der Waals surface area contributed by atoms with E-state index >= 15 is 0 Å². The topological polar surface area (TPSA) is 75.1 Å². The number of aromatic nitrogens is 2. The number of anilines is 2. The molecule has 2 N–H and O–H groups in total. The summed E-state index contributed by atoms with van der Waals surface area (Å²) in [6.45, 7) is 2.01. The highest BCUT2D eigenvalue weighted by Gasteiger charge is 2.33. The number of nitrogens with zero attached hydrogens (tertiary/aromatic N) is 2. The van der Waals surface area contributed by atoms with Crippen LogP contribution in [0.15, 0.2) is 30.5 Å². The fraction of sp³-hybridized carbons (Fsp3) is 0.633. The highest BCUT2D eigenvalue weighted by molar-refractivity contribution is 5.69. The van der Waals surface area contributed by atoms with Crippen molar-refractivity contribution >= 4 is 17.6 Å². The van der Waals surface area contributed by atoms with Crippen LogP contribution in [0.5, 0.6) is 0 Å². The zero-order valence-corrected chi connectivity index (χ0v) is 22.3. The van der Waals surface area contributed by atoms with E-state index in [1.165, 1.54) is 24.8 Å². The number of carboxylic acid groups (broad SMARTS) is 1. The number of hydrogen-bond donors (Lipinski definition) is 2. The van der Waals surface area contributed by atoms with Crippen molar-refractivity contribution in [1.29, 1.82) is 0 Å². The van der Waals surface area contributed by atoms with Crippen molar-refractivity contribution in [2.24, 2.45) is 17.8 Å². The second-order valence-electron chi connectivity index (χ2n) is 11.4. The molecular formula is C30H40F3N3O2. The summed E-state index contributed by atoms with van der Waals surface area (Å²) in [5.74, 6) is 1.02. The highest BCUT2D eigenvalue weighted by Crippen LogP contribution is 2.40. The van der Waals surface area contributed by atoms with Gasteiger partial charge in [-0.15, -0.1) is 0 Å². The van der Waals surface area contributed by atoms with Crippen LogP contribution >= 0.6 is 0 Å². The Morgan fingerprint density at radius 2 is 1.50 bits per heavy atom. The number of hydrogen-bond acceptors (Lipinski definition) is 4. The van der Waals surface area contributed by atoms with Crippen LogP contribution in [-0.4, -0.2) is 21.0 Å². The molecule has 8 heteroatoms. The standard InChI is InChI=1S/C30H40F3N3O2/c1-20-17-25(19-26(18-20)35-29-34-16-15-27(36-29)30(31,32)33)23-12-4-9-22(10-5-13-23)21-7-2-3-8-24(28(37)38)14-6-11-21/h15-19,21-24H,2-14H2,1H3,(H,37,38)(H,34,35,36). The SMILES string of the molecule is Cc1cc(Nc2nccc(C(F)(F)F)n2)cc(C2CCCC(C3CCCCC(C(=O)O)CCC3)CCC2)c1. The van der Waals surface area contributed by atoms with Crippen LogP contribution in [0.1, 0.15) is 106 Å². The molecule has 1 heterocycles. The van der Waals surface area contributed by atoms with Gasteiger partial charge >= 0.3 is 12.1 Å². The van der Waals surface area contributed by atoms with Crippen LogP contribution in [0.4, 0.5) is 24.8 Å². The van der Waals surface area contributed by atoms with Crippen LogP contribution in [0, 0.1) is 24.7 Å². The molecule has 4 rings (SSSR count). The van der Waals surface area contributed by atoms with Gasteiger partial charge in [-0.2, -0.15) is 13.2 Å². The molecule has 1 aromatic carbocycles. The fourth-order valence-corrected chi connectivity index (χ4v) is 6.60. The molecule has 1 aromatic heterocycles. The van der Waals surface area contributed by atoms with Crippen LogP contribution in [-0.2, 0) is 11.0 Å². The molecule has 38 heavy (non-hydrogen) atoms. The average Bonchev–Trinajstić information content (AvgIpc) is 2.96. The molecule has 2 atom stereocenters. The second-order valence-corrected chi connectivity index (χ2v) is 11.4. The van der Waals surface area contributed by atoms with Crippen molar-refractivity contribution in [3.8, 4) is 0 Å². The lowest BCUT2D eigenvalue weighted by atomic mass is 9.75. The quantitative estimate of drug-likeness (QED) is 0.404. The molecule has 2 unspecified atom stereocenters.